The van der Waals surface area contributed by atoms with Gasteiger partial charge in [0.25, 0.3) is 5.91 Å². The summed E-state index contributed by atoms with van der Waals surface area (Å²) in [5.41, 5.74) is 4.73. The van der Waals surface area contributed by atoms with Crippen molar-refractivity contribution in [2.45, 2.75) is 44.8 Å². The average Bonchev–Trinajstić information content (AvgIpc) is 3.50. The van der Waals surface area contributed by atoms with Crippen LogP contribution in [0.4, 0.5) is 11.4 Å². The number of aromatic nitrogens is 3. The topological polar surface area (TPSA) is 121 Å². The van der Waals surface area contributed by atoms with E-state index in [4.69, 9.17) is 9.47 Å². The highest BCUT2D eigenvalue weighted by molar-refractivity contribution is 6.06. The molecule has 0 saturated carbocycles. The van der Waals surface area contributed by atoms with Crippen LogP contribution in [0.15, 0.2) is 36.7 Å². The van der Waals surface area contributed by atoms with Crippen molar-refractivity contribution in [3.8, 4) is 0 Å². The zero-order valence-electron chi connectivity index (χ0n) is 21.7. The molecule has 2 fully saturated rings. The normalized spacial score (nSPS) is 20.8. The summed E-state index contributed by atoms with van der Waals surface area (Å²) in [4.78, 5) is 40.0. The van der Waals surface area contributed by atoms with Gasteiger partial charge in [0.2, 0.25) is 5.91 Å². The molecule has 3 aromatic rings. The van der Waals surface area contributed by atoms with Gasteiger partial charge in [0.05, 0.1) is 55.2 Å². The quantitative estimate of drug-likeness (QED) is 0.458. The molecule has 2 saturated heterocycles. The van der Waals surface area contributed by atoms with E-state index in [1.165, 1.54) is 0 Å². The van der Waals surface area contributed by atoms with Crippen LogP contribution in [0, 0.1) is 6.92 Å². The zero-order valence-corrected chi connectivity index (χ0v) is 21.7. The summed E-state index contributed by atoms with van der Waals surface area (Å²) in [6, 6.07) is 5.96. The molecule has 0 unspecified atom stereocenters. The van der Waals surface area contributed by atoms with E-state index in [2.05, 4.69) is 43.5 Å². The molecule has 3 aliphatic rings. The van der Waals surface area contributed by atoms with Crippen LogP contribution in [0.25, 0.3) is 16.6 Å². The molecule has 3 aliphatic heterocycles. The van der Waals surface area contributed by atoms with Crippen LogP contribution in [-0.2, 0) is 14.3 Å². The van der Waals surface area contributed by atoms with Gasteiger partial charge in [-0.2, -0.15) is 0 Å². The first-order valence-electron chi connectivity index (χ1n) is 13.1. The van der Waals surface area contributed by atoms with Gasteiger partial charge in [0.15, 0.2) is 0 Å². The molecular weight excluding hydrogens is 484 g/mol. The fourth-order valence-electron chi connectivity index (χ4n) is 5.22. The number of carbonyl (C=O) groups is 2. The number of H-pyrrole nitrogens is 1. The molecule has 10 heteroatoms. The molecule has 198 valence electrons. The predicted molar refractivity (Wildman–Crippen MR) is 144 cm³/mol. The highest BCUT2D eigenvalue weighted by atomic mass is 16.6. The smallest absolute Gasteiger partial charge is 0.257 e. The minimum Gasteiger partial charge on any atom is -0.375 e. The van der Waals surface area contributed by atoms with E-state index in [0.717, 1.165) is 42.5 Å². The molecule has 10 nitrogen and oxygen atoms in total. The number of nitrogens with zero attached hydrogens (tertiary/aromatic N) is 3. The lowest BCUT2D eigenvalue weighted by molar-refractivity contribution is -0.203. The number of nitrogens with one attached hydrogen (secondary N) is 3. The summed E-state index contributed by atoms with van der Waals surface area (Å²) in [7, 11) is 0. The van der Waals surface area contributed by atoms with Gasteiger partial charge >= 0.3 is 0 Å². The number of fused-ring (bicyclic) bond motifs is 1. The van der Waals surface area contributed by atoms with E-state index in [1.54, 1.807) is 18.5 Å². The Morgan fingerprint density at radius 3 is 2.76 bits per heavy atom. The molecule has 3 aromatic heterocycles. The van der Waals surface area contributed by atoms with Crippen LogP contribution in [0.1, 0.15) is 47.9 Å². The largest absolute Gasteiger partial charge is 0.375 e. The number of rotatable bonds is 6. The van der Waals surface area contributed by atoms with Crippen LogP contribution in [-0.4, -0.2) is 76.2 Å². The summed E-state index contributed by atoms with van der Waals surface area (Å²) in [5, 5.41) is 6.67. The fraction of sp³-hybridized carbons (Fsp3) is 0.429. The van der Waals surface area contributed by atoms with Gasteiger partial charge in [0, 0.05) is 23.3 Å². The van der Waals surface area contributed by atoms with Crippen molar-refractivity contribution in [2.24, 2.45) is 0 Å². The molecule has 0 aromatic carbocycles. The first-order valence-corrected chi connectivity index (χ1v) is 13.1. The van der Waals surface area contributed by atoms with E-state index < -0.39 is 0 Å². The zero-order chi connectivity index (χ0) is 26.3. The number of ether oxygens (including phenoxy) is 2. The van der Waals surface area contributed by atoms with Gasteiger partial charge < -0.3 is 25.1 Å². The Morgan fingerprint density at radius 2 is 2.05 bits per heavy atom. The third-order valence-corrected chi connectivity index (χ3v) is 7.72. The van der Waals surface area contributed by atoms with Crippen molar-refractivity contribution in [3.63, 3.8) is 0 Å². The van der Waals surface area contributed by atoms with Crippen molar-refractivity contribution in [1.29, 1.82) is 0 Å². The Hall–Kier alpha value is -3.60. The van der Waals surface area contributed by atoms with E-state index in [0.29, 0.717) is 60.7 Å². The van der Waals surface area contributed by atoms with Gasteiger partial charge in [-0.25, -0.2) is 4.98 Å². The van der Waals surface area contributed by atoms with Crippen molar-refractivity contribution in [3.05, 3.63) is 53.6 Å². The van der Waals surface area contributed by atoms with Crippen LogP contribution in [0.3, 0.4) is 0 Å². The lowest BCUT2D eigenvalue weighted by atomic mass is 9.93. The van der Waals surface area contributed by atoms with Gasteiger partial charge in [-0.05, 0) is 63.4 Å². The Labute approximate surface area is 220 Å². The first kappa shape index (κ1) is 24.7. The second-order valence-corrected chi connectivity index (χ2v) is 10.6. The van der Waals surface area contributed by atoms with Crippen LogP contribution >= 0.6 is 0 Å². The van der Waals surface area contributed by atoms with E-state index >= 15 is 0 Å². The number of anilines is 2. The second kappa shape index (κ2) is 9.94. The summed E-state index contributed by atoms with van der Waals surface area (Å²) in [6.07, 6.45) is 8.40. The molecule has 38 heavy (non-hydrogen) atoms. The number of pyridine rings is 2. The number of likely N-dealkylation sites (tertiary alicyclic amines) is 1. The highest BCUT2D eigenvalue weighted by Gasteiger charge is 2.41. The summed E-state index contributed by atoms with van der Waals surface area (Å²) >= 11 is 0. The molecule has 0 bridgehead atoms. The summed E-state index contributed by atoms with van der Waals surface area (Å²) in [6.45, 7) is 7.04. The molecule has 1 atom stereocenters. The van der Waals surface area contributed by atoms with Gasteiger partial charge in [-0.1, -0.05) is 6.08 Å². The highest BCUT2D eigenvalue weighted by Crippen LogP contribution is 2.34. The molecule has 0 aliphatic carbocycles. The van der Waals surface area contributed by atoms with Crippen molar-refractivity contribution in [2.75, 3.05) is 43.5 Å². The maximum absolute atomic E-state index is 13.1. The third kappa shape index (κ3) is 4.94. The number of amides is 2. The molecule has 6 rings (SSSR count). The van der Waals surface area contributed by atoms with E-state index in [9.17, 15) is 9.59 Å². The average molecular weight is 517 g/mol. The predicted octanol–water partition coefficient (Wildman–Crippen LogP) is 3.51. The van der Waals surface area contributed by atoms with Gasteiger partial charge in [0.1, 0.15) is 11.2 Å². The van der Waals surface area contributed by atoms with Gasteiger partial charge in [-0.3, -0.25) is 19.5 Å². The number of aromatic amines is 1. The fourth-order valence-corrected chi connectivity index (χ4v) is 5.22. The molecule has 1 spiro atoms. The van der Waals surface area contributed by atoms with Crippen LogP contribution in [0.2, 0.25) is 0 Å². The van der Waals surface area contributed by atoms with Crippen molar-refractivity contribution < 1.29 is 19.1 Å². The number of aryl methyl sites for hydroxylation is 1. The Bertz CT molecular complexity index is 1430. The second-order valence-electron chi connectivity index (χ2n) is 10.6. The van der Waals surface area contributed by atoms with E-state index in [1.807, 2.05) is 19.1 Å². The molecule has 6 heterocycles. The Kier molecular flexibility index (Phi) is 6.46. The van der Waals surface area contributed by atoms with Crippen molar-refractivity contribution >= 4 is 39.8 Å². The van der Waals surface area contributed by atoms with Crippen LogP contribution in [0.5, 0.6) is 0 Å². The lowest BCUT2D eigenvalue weighted by Crippen LogP contribution is -2.53. The van der Waals surface area contributed by atoms with E-state index in [-0.39, 0.29) is 17.4 Å². The minimum absolute atomic E-state index is 0.0886. The first-order chi connectivity index (χ1) is 18.4. The number of hydrogen-bond acceptors (Lipinski definition) is 7. The SMILES string of the molecule is Cc1ncc(NC(=O)CN2CCC[C@@H]2C)cc1NC(=O)c1cnc2[nH]c(C3=CCC4(COC4)OC3)cc2c1. The molecular formula is C28H32N6O4. The minimum atomic E-state index is -0.298. The number of hydrogen-bond donors (Lipinski definition) is 3. The van der Waals surface area contributed by atoms with Gasteiger partial charge in [-0.15, -0.1) is 0 Å². The monoisotopic (exact) mass is 516 g/mol. The van der Waals surface area contributed by atoms with Crippen molar-refractivity contribution in [1.82, 2.24) is 19.9 Å². The molecule has 2 amide bonds. The summed E-state index contributed by atoms with van der Waals surface area (Å²) in [5.74, 6) is -0.386. The maximum Gasteiger partial charge on any atom is 0.257 e. The molecule has 0 radical (unpaired) electrons. The Morgan fingerprint density at radius 1 is 1.18 bits per heavy atom. The standard InChI is InChI=1S/C28H32N6O4/c1-17-4-3-7-34(17)13-25(35)31-22-10-23(18(2)29-12-22)33-27(36)21-8-20-9-24(32-26(20)30-11-21)19-5-6-28(38-14-19)15-37-16-28/h5,8-12,17H,3-4,6-7,13-16H2,1-2H3,(H,30,32)(H,31,35)(H,33,36)/t17-/m0/s1. The Balaban J connectivity index is 1.13. The lowest BCUT2D eigenvalue weighted by Gasteiger charge is -2.43. The molecule has 3 N–H and O–H groups in total. The maximum atomic E-state index is 13.1. The number of carbonyl (C=O) groups excluding carboxylic acids is 2. The summed E-state index contributed by atoms with van der Waals surface area (Å²) < 4.78 is 11.3. The van der Waals surface area contributed by atoms with Crippen LogP contribution < -0.4 is 10.6 Å². The third-order valence-electron chi connectivity index (χ3n) is 7.72.